The van der Waals surface area contributed by atoms with Crippen molar-refractivity contribution in [3.05, 3.63) is 71.9 Å². The lowest BCUT2D eigenvalue weighted by atomic mass is 10.1. The number of hydrogen-bond acceptors (Lipinski definition) is 2. The first-order valence-corrected chi connectivity index (χ1v) is 9.11. The molecule has 0 saturated heterocycles. The number of hydrogen-bond donors (Lipinski definition) is 1. The van der Waals surface area contributed by atoms with Gasteiger partial charge in [-0.3, -0.25) is 0 Å². The minimum absolute atomic E-state index is 0.0355. The van der Waals surface area contributed by atoms with Crippen LogP contribution in [0.15, 0.2) is 65.6 Å². The zero-order valence-corrected chi connectivity index (χ0v) is 14.5. The smallest absolute Gasteiger partial charge is 0.314 e. The van der Waals surface area contributed by atoms with Crippen LogP contribution in [0.3, 0.4) is 0 Å². The minimum Gasteiger partial charge on any atom is -0.314 e. The second kappa shape index (κ2) is 6.30. The summed E-state index contributed by atoms with van der Waals surface area (Å²) >= 11 is 0. The Labute approximate surface area is 148 Å². The van der Waals surface area contributed by atoms with Crippen molar-refractivity contribution >= 4 is 10.0 Å². The number of nitrogens with two attached hydrogens (primary N) is 1. The molecule has 0 aliphatic heterocycles. The van der Waals surface area contributed by atoms with E-state index in [9.17, 15) is 21.6 Å². The molecule has 0 fully saturated rings. The molecule has 0 aliphatic rings. The van der Waals surface area contributed by atoms with Crippen LogP contribution in [0.25, 0.3) is 16.9 Å². The highest BCUT2D eigenvalue weighted by Gasteiger charge is 2.30. The summed E-state index contributed by atoms with van der Waals surface area (Å²) in [4.78, 5) is -0.0355. The summed E-state index contributed by atoms with van der Waals surface area (Å²) in [5, 5.41) is 5.09. The Morgan fingerprint density at radius 2 is 1.62 bits per heavy atom. The first-order chi connectivity index (χ1) is 12.1. The average molecular weight is 380 g/mol. The Morgan fingerprint density at radius 3 is 2.19 bits per heavy atom. The van der Waals surface area contributed by atoms with Crippen molar-refractivity contribution in [2.75, 3.05) is 0 Å². The van der Waals surface area contributed by atoms with Crippen molar-refractivity contribution in [2.24, 2.45) is 5.14 Å². The van der Waals surface area contributed by atoms with E-state index in [2.05, 4.69) is 0 Å². The molecule has 8 heteroatoms. The van der Waals surface area contributed by atoms with Gasteiger partial charge in [0.2, 0.25) is 10.0 Å². The van der Waals surface area contributed by atoms with Gasteiger partial charge in [-0.2, -0.15) is 13.2 Å². The molecule has 2 N–H and O–H groups in total. The van der Waals surface area contributed by atoms with E-state index in [-0.39, 0.29) is 4.90 Å². The fraction of sp³-hybridized carbons (Fsp3) is 0.111. The van der Waals surface area contributed by atoms with Crippen LogP contribution in [0.1, 0.15) is 11.3 Å². The predicted molar refractivity (Wildman–Crippen MR) is 92.3 cm³/mol. The molecule has 0 amide bonds. The Hall–Kier alpha value is -2.58. The quantitative estimate of drug-likeness (QED) is 0.743. The molecule has 26 heavy (non-hydrogen) atoms. The summed E-state index contributed by atoms with van der Waals surface area (Å²) in [5.74, 6) is 0. The van der Waals surface area contributed by atoms with Gasteiger partial charge in [-0.1, -0.05) is 12.1 Å². The third-order valence-electron chi connectivity index (χ3n) is 3.99. The molecule has 1 heterocycles. The topological polar surface area (TPSA) is 65.1 Å². The van der Waals surface area contributed by atoms with Gasteiger partial charge in [-0.05, 0) is 61.0 Å². The molecular weight excluding hydrogens is 365 g/mol. The number of rotatable bonds is 3. The molecule has 136 valence electrons. The van der Waals surface area contributed by atoms with Gasteiger partial charge in [0.05, 0.1) is 16.2 Å². The molecular formula is C18H15F3N2O2S. The molecule has 0 atom stereocenters. The average Bonchev–Trinajstić information content (AvgIpc) is 2.95. The Kier molecular flexibility index (Phi) is 4.41. The van der Waals surface area contributed by atoms with E-state index in [0.29, 0.717) is 16.9 Å². The lowest BCUT2D eigenvalue weighted by molar-refractivity contribution is -0.137. The zero-order valence-electron chi connectivity index (χ0n) is 13.7. The number of alkyl halides is 3. The van der Waals surface area contributed by atoms with E-state index < -0.39 is 21.8 Å². The Morgan fingerprint density at radius 1 is 0.962 bits per heavy atom. The van der Waals surface area contributed by atoms with Gasteiger partial charge < -0.3 is 4.57 Å². The minimum atomic E-state index is -4.43. The van der Waals surface area contributed by atoms with Crippen LogP contribution in [-0.2, 0) is 16.2 Å². The van der Waals surface area contributed by atoms with Crippen LogP contribution in [0, 0.1) is 6.92 Å². The summed E-state index contributed by atoms with van der Waals surface area (Å²) in [5.41, 5.74) is 1.65. The van der Waals surface area contributed by atoms with Crippen LogP contribution in [0.4, 0.5) is 13.2 Å². The van der Waals surface area contributed by atoms with E-state index in [4.69, 9.17) is 5.14 Å². The van der Waals surface area contributed by atoms with Gasteiger partial charge in [-0.25, -0.2) is 13.6 Å². The second-order valence-corrected chi connectivity index (χ2v) is 7.37. The maximum absolute atomic E-state index is 13.0. The molecule has 0 saturated carbocycles. The summed E-state index contributed by atoms with van der Waals surface area (Å²) in [6, 6.07) is 14.4. The second-order valence-electron chi connectivity index (χ2n) is 5.81. The fourth-order valence-corrected chi connectivity index (χ4v) is 3.26. The van der Waals surface area contributed by atoms with Gasteiger partial charge in [0.1, 0.15) is 0 Å². The van der Waals surface area contributed by atoms with E-state index in [0.717, 1.165) is 17.8 Å². The third kappa shape index (κ3) is 3.51. The molecule has 2 aromatic carbocycles. The number of sulfonamides is 1. The maximum atomic E-state index is 13.0. The van der Waals surface area contributed by atoms with Crippen molar-refractivity contribution in [1.29, 1.82) is 0 Å². The number of primary sulfonamides is 1. The number of halogens is 3. The van der Waals surface area contributed by atoms with Gasteiger partial charge in [0.15, 0.2) is 0 Å². The molecule has 0 bridgehead atoms. The highest BCUT2D eigenvalue weighted by Crippen LogP contribution is 2.33. The van der Waals surface area contributed by atoms with Crippen LogP contribution < -0.4 is 5.14 Å². The van der Waals surface area contributed by atoms with Crippen molar-refractivity contribution < 1.29 is 21.6 Å². The Bertz CT molecular complexity index is 1050. The molecule has 3 rings (SSSR count). The summed E-state index contributed by atoms with van der Waals surface area (Å²) < 4.78 is 63.5. The van der Waals surface area contributed by atoms with Crippen LogP contribution >= 0.6 is 0 Å². The van der Waals surface area contributed by atoms with Crippen molar-refractivity contribution in [2.45, 2.75) is 18.0 Å². The molecule has 0 spiro atoms. The van der Waals surface area contributed by atoms with Crippen molar-refractivity contribution in [3.8, 4) is 16.9 Å². The zero-order chi connectivity index (χ0) is 19.1. The van der Waals surface area contributed by atoms with Crippen LogP contribution in [-0.4, -0.2) is 13.0 Å². The monoisotopic (exact) mass is 380 g/mol. The summed E-state index contributed by atoms with van der Waals surface area (Å²) in [7, 11) is -3.82. The normalized spacial score (nSPS) is 12.3. The van der Waals surface area contributed by atoms with Gasteiger partial charge >= 0.3 is 6.18 Å². The maximum Gasteiger partial charge on any atom is 0.416 e. The third-order valence-corrected chi connectivity index (χ3v) is 4.91. The fourth-order valence-electron chi connectivity index (χ4n) is 2.75. The van der Waals surface area contributed by atoms with Gasteiger partial charge in [0.25, 0.3) is 0 Å². The first-order valence-electron chi connectivity index (χ1n) is 7.56. The van der Waals surface area contributed by atoms with E-state index in [1.54, 1.807) is 34.9 Å². The SMILES string of the molecule is Cc1ccc(-c2cccc(C(F)(F)F)c2)n1-c1ccc(S(N)(=O)=O)cc1. The molecule has 0 radical (unpaired) electrons. The van der Waals surface area contributed by atoms with Gasteiger partial charge in [-0.15, -0.1) is 0 Å². The van der Waals surface area contributed by atoms with Crippen molar-refractivity contribution in [1.82, 2.24) is 4.57 Å². The molecule has 3 aromatic rings. The Balaban J connectivity index is 2.11. The van der Waals surface area contributed by atoms with E-state index in [1.165, 1.54) is 18.2 Å². The standard InChI is InChI=1S/C18H15F3N2O2S/c1-12-5-10-17(13-3-2-4-14(11-13)18(19,20)21)23(12)15-6-8-16(9-7-15)26(22,24)25/h2-11H,1H3,(H2,22,24,25). The molecule has 4 nitrogen and oxygen atoms in total. The largest absolute Gasteiger partial charge is 0.416 e. The molecule has 1 aromatic heterocycles. The highest BCUT2D eigenvalue weighted by molar-refractivity contribution is 7.89. The van der Waals surface area contributed by atoms with E-state index in [1.807, 2.05) is 6.92 Å². The lowest BCUT2D eigenvalue weighted by Crippen LogP contribution is -2.12. The van der Waals surface area contributed by atoms with Crippen LogP contribution in [0.5, 0.6) is 0 Å². The first kappa shape index (κ1) is 18.2. The number of nitrogens with zero attached hydrogens (tertiary/aromatic N) is 1. The molecule has 0 aliphatic carbocycles. The van der Waals surface area contributed by atoms with Gasteiger partial charge in [0, 0.05) is 11.4 Å². The lowest BCUT2D eigenvalue weighted by Gasteiger charge is -2.14. The summed E-state index contributed by atoms with van der Waals surface area (Å²) in [6.07, 6.45) is -4.43. The predicted octanol–water partition coefficient (Wildman–Crippen LogP) is 4.12. The number of benzene rings is 2. The summed E-state index contributed by atoms with van der Waals surface area (Å²) in [6.45, 7) is 1.81. The van der Waals surface area contributed by atoms with Crippen molar-refractivity contribution in [3.63, 3.8) is 0 Å². The van der Waals surface area contributed by atoms with E-state index >= 15 is 0 Å². The highest BCUT2D eigenvalue weighted by atomic mass is 32.2. The van der Waals surface area contributed by atoms with Crippen LogP contribution in [0.2, 0.25) is 0 Å². The molecule has 0 unspecified atom stereocenters. The number of aromatic nitrogens is 1. The number of aryl methyl sites for hydroxylation is 1.